The van der Waals surface area contributed by atoms with E-state index in [0.717, 1.165) is 5.56 Å². The Labute approximate surface area is 93.3 Å². The molecule has 1 heterocycles. The molecular weight excluding hydrogens is 206 g/mol. The zero-order chi connectivity index (χ0) is 12.0. The quantitative estimate of drug-likeness (QED) is 0.574. The van der Waals surface area contributed by atoms with Crippen LogP contribution in [0, 0.1) is 0 Å². The first-order chi connectivity index (χ1) is 7.65. The highest BCUT2D eigenvalue weighted by Crippen LogP contribution is 2.06. The van der Waals surface area contributed by atoms with Gasteiger partial charge in [0.15, 0.2) is 0 Å². The summed E-state index contributed by atoms with van der Waals surface area (Å²) in [6.07, 6.45) is 4.89. The van der Waals surface area contributed by atoms with Crippen LogP contribution in [0.1, 0.15) is 5.56 Å². The van der Waals surface area contributed by atoms with Crippen LogP contribution >= 0.6 is 0 Å². The molecule has 3 N–H and O–H groups in total. The molecule has 0 bridgehead atoms. The predicted molar refractivity (Wildman–Crippen MR) is 61.2 cm³/mol. The number of aliphatic imine (C=N–C) groups is 1. The van der Waals surface area contributed by atoms with Crippen molar-refractivity contribution in [2.45, 2.75) is 6.42 Å². The lowest BCUT2D eigenvalue weighted by Gasteiger charge is -2.04. The Kier molecular flexibility index (Phi) is 4.20. The number of carbonyl (C=O) groups is 1. The summed E-state index contributed by atoms with van der Waals surface area (Å²) in [7, 11) is 1.50. The molecule has 0 saturated carbocycles. The fraction of sp³-hybridized carbons (Fsp3) is 0.182. The SMILES string of the molecule is CN=CC(C(=O)O)=C(N)Cc1cccnc1. The fourth-order valence-corrected chi connectivity index (χ4v) is 1.22. The molecule has 0 unspecified atom stereocenters. The van der Waals surface area contributed by atoms with E-state index in [1.165, 1.54) is 13.3 Å². The van der Waals surface area contributed by atoms with Gasteiger partial charge in [-0.3, -0.25) is 9.98 Å². The Balaban J connectivity index is 2.94. The number of carboxylic acid groups (broad SMARTS) is 1. The Morgan fingerprint density at radius 2 is 2.44 bits per heavy atom. The summed E-state index contributed by atoms with van der Waals surface area (Å²) in [6.45, 7) is 0. The van der Waals surface area contributed by atoms with Gasteiger partial charge in [0, 0.05) is 37.8 Å². The van der Waals surface area contributed by atoms with E-state index in [4.69, 9.17) is 10.8 Å². The summed E-state index contributed by atoms with van der Waals surface area (Å²) in [4.78, 5) is 18.5. The smallest absolute Gasteiger partial charge is 0.339 e. The minimum absolute atomic E-state index is 0.0198. The van der Waals surface area contributed by atoms with Crippen LogP contribution in [0.25, 0.3) is 0 Å². The molecule has 0 saturated heterocycles. The van der Waals surface area contributed by atoms with Gasteiger partial charge in [0.1, 0.15) is 0 Å². The van der Waals surface area contributed by atoms with Crippen molar-refractivity contribution >= 4 is 12.2 Å². The average Bonchev–Trinajstić information content (AvgIpc) is 2.26. The zero-order valence-corrected chi connectivity index (χ0v) is 8.92. The van der Waals surface area contributed by atoms with Crippen molar-refractivity contribution in [1.82, 2.24) is 4.98 Å². The molecule has 0 aliphatic heterocycles. The van der Waals surface area contributed by atoms with Gasteiger partial charge in [-0.1, -0.05) is 6.07 Å². The van der Waals surface area contributed by atoms with Crippen molar-refractivity contribution in [3.05, 3.63) is 41.4 Å². The van der Waals surface area contributed by atoms with Gasteiger partial charge in [-0.15, -0.1) is 0 Å². The van der Waals surface area contributed by atoms with Crippen molar-refractivity contribution < 1.29 is 9.90 Å². The standard InChI is InChI=1S/C11H13N3O2/c1-13-7-9(11(15)16)10(12)5-8-3-2-4-14-6-8/h2-4,6-7H,5,12H2,1H3,(H,15,16). The van der Waals surface area contributed by atoms with Crippen LogP contribution in [-0.2, 0) is 11.2 Å². The highest BCUT2D eigenvalue weighted by atomic mass is 16.4. The molecule has 5 nitrogen and oxygen atoms in total. The third-order valence-corrected chi connectivity index (χ3v) is 1.95. The molecule has 16 heavy (non-hydrogen) atoms. The molecule has 0 radical (unpaired) electrons. The van der Waals surface area contributed by atoms with Crippen LogP contribution in [0.3, 0.4) is 0 Å². The van der Waals surface area contributed by atoms with Crippen molar-refractivity contribution in [3.8, 4) is 0 Å². The zero-order valence-electron chi connectivity index (χ0n) is 8.92. The number of hydrogen-bond acceptors (Lipinski definition) is 4. The van der Waals surface area contributed by atoms with E-state index < -0.39 is 5.97 Å². The van der Waals surface area contributed by atoms with Crippen LogP contribution in [-0.4, -0.2) is 29.3 Å². The average molecular weight is 219 g/mol. The molecule has 0 amide bonds. The van der Waals surface area contributed by atoms with Gasteiger partial charge >= 0.3 is 5.97 Å². The number of rotatable bonds is 4. The maximum atomic E-state index is 10.9. The molecule has 0 atom stereocenters. The lowest BCUT2D eigenvalue weighted by Crippen LogP contribution is -2.13. The largest absolute Gasteiger partial charge is 0.478 e. The van der Waals surface area contributed by atoms with Crippen LogP contribution in [0.15, 0.2) is 40.8 Å². The van der Waals surface area contributed by atoms with E-state index in [9.17, 15) is 4.79 Å². The summed E-state index contributed by atoms with van der Waals surface area (Å²) in [6, 6.07) is 3.61. The van der Waals surface area contributed by atoms with Gasteiger partial charge in [0.25, 0.3) is 0 Å². The molecule has 1 rings (SSSR count). The van der Waals surface area contributed by atoms with E-state index >= 15 is 0 Å². The van der Waals surface area contributed by atoms with E-state index in [1.807, 2.05) is 6.07 Å². The van der Waals surface area contributed by atoms with Crippen molar-refractivity contribution in [2.75, 3.05) is 7.05 Å². The maximum Gasteiger partial charge on any atom is 0.339 e. The van der Waals surface area contributed by atoms with Crippen LogP contribution < -0.4 is 5.73 Å². The summed E-state index contributed by atoms with van der Waals surface area (Å²) in [5.41, 5.74) is 6.87. The minimum atomic E-state index is -1.08. The molecule has 0 spiro atoms. The topological polar surface area (TPSA) is 88.6 Å². The molecule has 0 aromatic carbocycles. The number of allylic oxidation sites excluding steroid dienone is 1. The Morgan fingerprint density at radius 3 is 2.94 bits per heavy atom. The van der Waals surface area contributed by atoms with Gasteiger partial charge in [0.2, 0.25) is 0 Å². The predicted octanol–water partition coefficient (Wildman–Crippen LogP) is 0.622. The van der Waals surface area contributed by atoms with Gasteiger partial charge in [-0.05, 0) is 11.6 Å². The summed E-state index contributed by atoms with van der Waals surface area (Å²) < 4.78 is 0. The lowest BCUT2D eigenvalue weighted by molar-refractivity contribution is -0.132. The van der Waals surface area contributed by atoms with Crippen LogP contribution in [0.2, 0.25) is 0 Å². The second-order valence-electron chi connectivity index (χ2n) is 3.17. The normalized spacial score (nSPS) is 12.6. The number of aromatic nitrogens is 1. The Bertz CT molecular complexity index is 424. The van der Waals surface area contributed by atoms with Crippen LogP contribution in [0.5, 0.6) is 0 Å². The molecule has 0 aliphatic carbocycles. The molecule has 0 aliphatic rings. The van der Waals surface area contributed by atoms with Crippen LogP contribution in [0.4, 0.5) is 0 Å². The van der Waals surface area contributed by atoms with E-state index in [2.05, 4.69) is 9.98 Å². The molecule has 0 fully saturated rings. The summed E-state index contributed by atoms with van der Waals surface area (Å²) >= 11 is 0. The Morgan fingerprint density at radius 1 is 1.69 bits per heavy atom. The maximum absolute atomic E-state index is 10.9. The third-order valence-electron chi connectivity index (χ3n) is 1.95. The third kappa shape index (κ3) is 3.20. The number of nitrogens with two attached hydrogens (primary N) is 1. The molecule has 5 heteroatoms. The monoisotopic (exact) mass is 219 g/mol. The highest BCUT2D eigenvalue weighted by molar-refractivity contribution is 6.09. The van der Waals surface area contributed by atoms with Crippen molar-refractivity contribution in [3.63, 3.8) is 0 Å². The minimum Gasteiger partial charge on any atom is -0.478 e. The van der Waals surface area contributed by atoms with E-state index in [0.29, 0.717) is 6.42 Å². The van der Waals surface area contributed by atoms with E-state index in [1.54, 1.807) is 18.5 Å². The fourth-order valence-electron chi connectivity index (χ4n) is 1.22. The van der Waals surface area contributed by atoms with Crippen molar-refractivity contribution in [1.29, 1.82) is 0 Å². The van der Waals surface area contributed by atoms with Crippen molar-refractivity contribution in [2.24, 2.45) is 10.7 Å². The Hall–Kier alpha value is -2.17. The van der Waals surface area contributed by atoms with Gasteiger partial charge in [-0.2, -0.15) is 0 Å². The highest BCUT2D eigenvalue weighted by Gasteiger charge is 2.09. The molecule has 84 valence electrons. The second-order valence-corrected chi connectivity index (χ2v) is 3.17. The number of aliphatic carboxylic acids is 1. The first-order valence-electron chi connectivity index (χ1n) is 4.68. The van der Waals surface area contributed by atoms with Gasteiger partial charge in [-0.25, -0.2) is 4.79 Å². The van der Waals surface area contributed by atoms with Gasteiger partial charge in [0.05, 0.1) is 5.57 Å². The van der Waals surface area contributed by atoms with E-state index in [-0.39, 0.29) is 11.3 Å². The molecule has 1 aromatic heterocycles. The first kappa shape index (κ1) is 11.9. The first-order valence-corrected chi connectivity index (χ1v) is 4.68. The number of pyridine rings is 1. The molecular formula is C11H13N3O2. The summed E-state index contributed by atoms with van der Waals surface area (Å²) in [5, 5.41) is 8.91. The second kappa shape index (κ2) is 5.65. The number of carboxylic acids is 1. The number of nitrogens with zero attached hydrogens (tertiary/aromatic N) is 2. The van der Waals surface area contributed by atoms with Gasteiger partial charge < -0.3 is 10.8 Å². The summed E-state index contributed by atoms with van der Waals surface area (Å²) in [5.74, 6) is -1.08. The number of hydrogen-bond donors (Lipinski definition) is 2. The lowest BCUT2D eigenvalue weighted by atomic mass is 10.1. The molecule has 1 aromatic rings.